The van der Waals surface area contributed by atoms with E-state index in [0.717, 1.165) is 16.6 Å². The number of hydrogen-bond donors (Lipinski definition) is 2. The van der Waals surface area contributed by atoms with E-state index in [4.69, 9.17) is 4.74 Å². The summed E-state index contributed by atoms with van der Waals surface area (Å²) in [4.78, 5) is 26.3. The Hall–Kier alpha value is -2.74. The number of nitrogens with one attached hydrogen (secondary N) is 2. The molecule has 4 heterocycles. The van der Waals surface area contributed by atoms with Gasteiger partial charge in [0.05, 0.1) is 18.6 Å². The summed E-state index contributed by atoms with van der Waals surface area (Å²) in [7, 11) is 1.67. The van der Waals surface area contributed by atoms with Gasteiger partial charge < -0.3 is 14.6 Å². The zero-order valence-electron chi connectivity index (χ0n) is 13.3. The van der Waals surface area contributed by atoms with Crippen LogP contribution in [-0.2, 0) is 16.0 Å². The van der Waals surface area contributed by atoms with E-state index in [-0.39, 0.29) is 18.1 Å². The van der Waals surface area contributed by atoms with Crippen LogP contribution in [0.2, 0.25) is 0 Å². The van der Waals surface area contributed by atoms with Crippen LogP contribution < -0.4 is 0 Å². The quantitative estimate of drug-likeness (QED) is 0.751. The van der Waals surface area contributed by atoms with Gasteiger partial charge in [0.1, 0.15) is 17.8 Å². The van der Waals surface area contributed by atoms with Crippen molar-refractivity contribution in [1.82, 2.24) is 30.0 Å². The number of hydrogen-bond acceptors (Lipinski definition) is 5. The van der Waals surface area contributed by atoms with E-state index in [1.807, 2.05) is 23.2 Å². The molecule has 0 aromatic carbocycles. The molecule has 1 aliphatic heterocycles. The average molecular weight is 326 g/mol. The highest BCUT2D eigenvalue weighted by molar-refractivity contribution is 5.87. The van der Waals surface area contributed by atoms with Crippen LogP contribution in [0.3, 0.4) is 0 Å². The van der Waals surface area contributed by atoms with E-state index in [1.165, 1.54) is 6.33 Å². The number of ether oxygens (including phenoxy) is 1. The first kappa shape index (κ1) is 14.8. The second-order valence-electron chi connectivity index (χ2n) is 5.92. The number of amides is 1. The number of rotatable bonds is 4. The molecular formula is C16H18N6O2. The highest BCUT2D eigenvalue weighted by Crippen LogP contribution is 2.32. The van der Waals surface area contributed by atoms with Gasteiger partial charge in [0, 0.05) is 37.9 Å². The van der Waals surface area contributed by atoms with E-state index in [9.17, 15) is 4.79 Å². The predicted octanol–water partition coefficient (Wildman–Crippen LogP) is 1.21. The van der Waals surface area contributed by atoms with Gasteiger partial charge in [-0.15, -0.1) is 0 Å². The van der Waals surface area contributed by atoms with E-state index >= 15 is 0 Å². The Labute approximate surface area is 138 Å². The molecule has 0 saturated carbocycles. The van der Waals surface area contributed by atoms with Crippen LogP contribution in [-0.4, -0.2) is 55.7 Å². The van der Waals surface area contributed by atoms with Crippen molar-refractivity contribution in [2.45, 2.75) is 25.0 Å². The number of fused-ring (bicyclic) bond motifs is 1. The fourth-order valence-electron chi connectivity index (χ4n) is 3.30. The molecule has 3 aromatic heterocycles. The Morgan fingerprint density at radius 3 is 3.17 bits per heavy atom. The number of methoxy groups -OCH3 is 1. The number of likely N-dealkylation sites (tertiary alicyclic amines) is 1. The van der Waals surface area contributed by atoms with Gasteiger partial charge in [-0.3, -0.25) is 9.89 Å². The molecule has 0 unspecified atom stereocenters. The zero-order valence-corrected chi connectivity index (χ0v) is 13.3. The lowest BCUT2D eigenvalue weighted by Crippen LogP contribution is -2.33. The van der Waals surface area contributed by atoms with E-state index in [0.29, 0.717) is 25.2 Å². The minimum atomic E-state index is -0.131. The number of H-pyrrole nitrogens is 2. The SMILES string of the molecule is CO[C@@H]1C[C@@H](c2ncn[nH]2)N(C(=O)Cc2c[nH]c3ncccc23)C1. The van der Waals surface area contributed by atoms with Crippen molar-refractivity contribution in [3.63, 3.8) is 0 Å². The second-order valence-corrected chi connectivity index (χ2v) is 5.92. The first-order valence-electron chi connectivity index (χ1n) is 7.84. The maximum atomic E-state index is 12.9. The fraction of sp³-hybridized carbons (Fsp3) is 0.375. The second kappa shape index (κ2) is 6.04. The topological polar surface area (TPSA) is 99.8 Å². The summed E-state index contributed by atoms with van der Waals surface area (Å²) < 4.78 is 5.45. The Morgan fingerprint density at radius 2 is 2.38 bits per heavy atom. The third kappa shape index (κ3) is 2.54. The molecule has 1 saturated heterocycles. The Bertz CT molecular complexity index is 843. The molecule has 8 nitrogen and oxygen atoms in total. The third-order valence-electron chi connectivity index (χ3n) is 4.54. The zero-order chi connectivity index (χ0) is 16.5. The smallest absolute Gasteiger partial charge is 0.227 e. The molecule has 2 atom stereocenters. The summed E-state index contributed by atoms with van der Waals surface area (Å²) in [6.45, 7) is 0.557. The number of nitrogens with zero attached hydrogens (tertiary/aromatic N) is 4. The first-order valence-corrected chi connectivity index (χ1v) is 7.84. The van der Waals surface area contributed by atoms with E-state index in [2.05, 4.69) is 25.1 Å². The molecule has 3 aromatic rings. The number of aromatic amines is 2. The molecule has 4 rings (SSSR count). The monoisotopic (exact) mass is 326 g/mol. The molecule has 1 aliphatic rings. The summed E-state index contributed by atoms with van der Waals surface area (Å²) in [6.07, 6.45) is 6.08. The molecule has 124 valence electrons. The van der Waals surface area contributed by atoms with Crippen LogP contribution in [0.5, 0.6) is 0 Å². The highest BCUT2D eigenvalue weighted by atomic mass is 16.5. The predicted molar refractivity (Wildman–Crippen MR) is 86.0 cm³/mol. The standard InChI is InChI=1S/C16H18N6O2/c1-24-11-6-13(16-19-9-20-21-16)22(8-11)14(23)5-10-7-18-15-12(10)3-2-4-17-15/h2-4,7,9,11,13H,5-6,8H2,1H3,(H,17,18)(H,19,20,21)/t11-,13+/m1/s1. The minimum absolute atomic E-state index is 0.00804. The molecule has 2 N–H and O–H groups in total. The molecule has 8 heteroatoms. The van der Waals surface area contributed by atoms with Crippen LogP contribution in [0.15, 0.2) is 30.9 Å². The van der Waals surface area contributed by atoms with Crippen molar-refractivity contribution in [2.75, 3.05) is 13.7 Å². The van der Waals surface area contributed by atoms with Crippen molar-refractivity contribution >= 4 is 16.9 Å². The summed E-state index contributed by atoms with van der Waals surface area (Å²) in [6, 6.07) is 3.71. The van der Waals surface area contributed by atoms with Crippen LogP contribution in [0, 0.1) is 0 Å². The normalized spacial score (nSPS) is 20.8. The third-order valence-corrected chi connectivity index (χ3v) is 4.54. The van der Waals surface area contributed by atoms with Crippen LogP contribution in [0.25, 0.3) is 11.0 Å². The highest BCUT2D eigenvalue weighted by Gasteiger charge is 2.37. The molecule has 0 aliphatic carbocycles. The van der Waals surface area contributed by atoms with E-state index < -0.39 is 0 Å². The first-order chi connectivity index (χ1) is 11.8. The minimum Gasteiger partial charge on any atom is -0.380 e. The summed E-state index contributed by atoms with van der Waals surface area (Å²) in [5.74, 6) is 0.740. The summed E-state index contributed by atoms with van der Waals surface area (Å²) in [5.41, 5.74) is 1.74. The number of carbonyl (C=O) groups is 1. The van der Waals surface area contributed by atoms with Gasteiger partial charge >= 0.3 is 0 Å². The summed E-state index contributed by atoms with van der Waals surface area (Å²) in [5, 5.41) is 7.75. The largest absolute Gasteiger partial charge is 0.380 e. The maximum Gasteiger partial charge on any atom is 0.227 e. The van der Waals surface area contributed by atoms with Crippen molar-refractivity contribution in [1.29, 1.82) is 0 Å². The lowest BCUT2D eigenvalue weighted by atomic mass is 10.1. The van der Waals surface area contributed by atoms with Gasteiger partial charge in [-0.2, -0.15) is 5.10 Å². The molecular weight excluding hydrogens is 308 g/mol. The van der Waals surface area contributed by atoms with Gasteiger partial charge in [0.25, 0.3) is 0 Å². The Balaban J connectivity index is 1.58. The molecule has 0 bridgehead atoms. The lowest BCUT2D eigenvalue weighted by molar-refractivity contribution is -0.131. The van der Waals surface area contributed by atoms with Crippen molar-refractivity contribution < 1.29 is 9.53 Å². The van der Waals surface area contributed by atoms with Crippen LogP contribution in [0.4, 0.5) is 0 Å². The van der Waals surface area contributed by atoms with Crippen molar-refractivity contribution in [2.24, 2.45) is 0 Å². The van der Waals surface area contributed by atoms with Gasteiger partial charge in [0.2, 0.25) is 5.91 Å². The molecule has 0 spiro atoms. The average Bonchev–Trinajstić information content (AvgIpc) is 3.34. The van der Waals surface area contributed by atoms with Gasteiger partial charge in [-0.05, 0) is 17.7 Å². The van der Waals surface area contributed by atoms with Gasteiger partial charge in [-0.25, -0.2) is 9.97 Å². The molecule has 24 heavy (non-hydrogen) atoms. The summed E-state index contributed by atoms with van der Waals surface area (Å²) >= 11 is 0. The number of aromatic nitrogens is 5. The van der Waals surface area contributed by atoms with Crippen molar-refractivity contribution in [3.8, 4) is 0 Å². The van der Waals surface area contributed by atoms with Gasteiger partial charge in [-0.1, -0.05) is 0 Å². The number of pyridine rings is 1. The molecule has 0 radical (unpaired) electrons. The number of carbonyl (C=O) groups excluding carboxylic acids is 1. The van der Waals surface area contributed by atoms with E-state index in [1.54, 1.807) is 13.3 Å². The molecule has 1 amide bonds. The molecule has 1 fully saturated rings. The lowest BCUT2D eigenvalue weighted by Gasteiger charge is -2.22. The fourth-order valence-corrected chi connectivity index (χ4v) is 3.30. The Kier molecular flexibility index (Phi) is 3.73. The van der Waals surface area contributed by atoms with Crippen LogP contribution in [0.1, 0.15) is 23.9 Å². The van der Waals surface area contributed by atoms with Crippen LogP contribution >= 0.6 is 0 Å². The van der Waals surface area contributed by atoms with Crippen molar-refractivity contribution in [3.05, 3.63) is 42.2 Å². The van der Waals surface area contributed by atoms with Gasteiger partial charge in [0.15, 0.2) is 0 Å². The Morgan fingerprint density at radius 1 is 1.46 bits per heavy atom. The maximum absolute atomic E-state index is 12.9.